The van der Waals surface area contributed by atoms with Crippen molar-refractivity contribution in [3.63, 3.8) is 0 Å². The summed E-state index contributed by atoms with van der Waals surface area (Å²) in [6.45, 7) is 2.76. The Hall–Kier alpha value is -1.89. The summed E-state index contributed by atoms with van der Waals surface area (Å²) in [6.07, 6.45) is 2.07. The molecule has 0 aliphatic heterocycles. The molecule has 0 amide bonds. The van der Waals surface area contributed by atoms with Crippen molar-refractivity contribution in [2.45, 2.75) is 13.3 Å². The molecule has 0 atom stereocenters. The smallest absolute Gasteiger partial charge is 0.224 e. The molecule has 1 aromatic heterocycles. The fraction of sp³-hybridized carbons (Fsp3) is 0.286. The molecule has 0 fully saturated rings. The summed E-state index contributed by atoms with van der Waals surface area (Å²) < 4.78 is 19.9. The lowest BCUT2D eigenvalue weighted by atomic mass is 10.3. The van der Waals surface area contributed by atoms with Gasteiger partial charge in [0.1, 0.15) is 5.75 Å². The molecular weight excluding hydrogens is 339 g/mol. The van der Waals surface area contributed by atoms with E-state index in [1.807, 2.05) is 13.0 Å². The van der Waals surface area contributed by atoms with Gasteiger partial charge in [0.15, 0.2) is 11.6 Å². The van der Waals surface area contributed by atoms with E-state index in [1.54, 1.807) is 19.2 Å². The first-order chi connectivity index (χ1) is 10.1. The molecule has 0 aliphatic carbocycles. The fourth-order valence-corrected chi connectivity index (χ4v) is 2.04. The van der Waals surface area contributed by atoms with Gasteiger partial charge in [-0.2, -0.15) is 4.98 Å². The van der Waals surface area contributed by atoms with Gasteiger partial charge in [-0.3, -0.25) is 0 Å². The molecule has 21 heavy (non-hydrogen) atoms. The van der Waals surface area contributed by atoms with Crippen LogP contribution in [0.3, 0.4) is 0 Å². The lowest BCUT2D eigenvalue weighted by Crippen LogP contribution is -2.07. The molecule has 0 saturated carbocycles. The first-order valence-corrected chi connectivity index (χ1v) is 7.30. The van der Waals surface area contributed by atoms with Gasteiger partial charge in [0.2, 0.25) is 5.95 Å². The number of anilines is 3. The van der Waals surface area contributed by atoms with Gasteiger partial charge >= 0.3 is 0 Å². The Morgan fingerprint density at radius 1 is 1.38 bits per heavy atom. The number of nitrogens with one attached hydrogen (secondary N) is 2. The minimum absolute atomic E-state index is 0.0972. The van der Waals surface area contributed by atoms with Gasteiger partial charge in [0, 0.05) is 11.0 Å². The Morgan fingerprint density at radius 2 is 2.19 bits per heavy atom. The van der Waals surface area contributed by atoms with E-state index in [2.05, 4.69) is 36.5 Å². The van der Waals surface area contributed by atoms with Crippen LogP contribution in [-0.2, 0) is 0 Å². The molecule has 0 radical (unpaired) electrons. The number of benzene rings is 1. The Labute approximate surface area is 131 Å². The third-order valence-corrected chi connectivity index (χ3v) is 3.19. The van der Waals surface area contributed by atoms with E-state index in [9.17, 15) is 4.39 Å². The maximum absolute atomic E-state index is 13.8. The first kappa shape index (κ1) is 15.5. The summed E-state index contributed by atoms with van der Waals surface area (Å²) in [4.78, 5) is 8.03. The van der Waals surface area contributed by atoms with Crippen LogP contribution in [0.1, 0.15) is 13.3 Å². The summed E-state index contributed by atoms with van der Waals surface area (Å²) in [5.41, 5.74) is 0.617. The second-order valence-corrected chi connectivity index (χ2v) is 5.20. The van der Waals surface area contributed by atoms with Crippen molar-refractivity contribution >= 4 is 33.4 Å². The van der Waals surface area contributed by atoms with Crippen LogP contribution in [0.25, 0.3) is 0 Å². The van der Waals surface area contributed by atoms with Crippen LogP contribution >= 0.6 is 15.9 Å². The third-order valence-electron chi connectivity index (χ3n) is 2.69. The molecule has 0 saturated heterocycles. The van der Waals surface area contributed by atoms with Crippen molar-refractivity contribution < 1.29 is 9.13 Å². The van der Waals surface area contributed by atoms with E-state index < -0.39 is 5.82 Å². The van der Waals surface area contributed by atoms with Crippen molar-refractivity contribution in [3.05, 3.63) is 34.7 Å². The largest absolute Gasteiger partial charge is 0.495 e. The SMILES string of the molecule is CCCNc1ncc(F)c(Nc2cc(Br)ccc2OC)n1. The monoisotopic (exact) mass is 354 g/mol. The second-order valence-electron chi connectivity index (χ2n) is 4.29. The van der Waals surface area contributed by atoms with E-state index in [0.29, 0.717) is 17.4 Å². The minimum atomic E-state index is -0.529. The number of aromatic nitrogens is 2. The van der Waals surface area contributed by atoms with Gasteiger partial charge < -0.3 is 15.4 Å². The Balaban J connectivity index is 2.28. The van der Waals surface area contributed by atoms with Crippen LogP contribution in [0.15, 0.2) is 28.9 Å². The van der Waals surface area contributed by atoms with Crippen molar-refractivity contribution in [1.29, 1.82) is 0 Å². The fourth-order valence-electron chi connectivity index (χ4n) is 1.68. The zero-order valence-corrected chi connectivity index (χ0v) is 13.4. The highest BCUT2D eigenvalue weighted by Gasteiger charge is 2.10. The van der Waals surface area contributed by atoms with Gasteiger partial charge in [0.25, 0.3) is 0 Å². The van der Waals surface area contributed by atoms with Crippen LogP contribution in [0, 0.1) is 5.82 Å². The molecular formula is C14H16BrFN4O. The molecule has 0 spiro atoms. The average Bonchev–Trinajstić information content (AvgIpc) is 2.48. The molecule has 112 valence electrons. The predicted octanol–water partition coefficient (Wildman–Crippen LogP) is 3.95. The summed E-state index contributed by atoms with van der Waals surface area (Å²) >= 11 is 3.37. The van der Waals surface area contributed by atoms with Gasteiger partial charge in [-0.15, -0.1) is 0 Å². The third kappa shape index (κ3) is 4.04. The zero-order chi connectivity index (χ0) is 15.2. The zero-order valence-electron chi connectivity index (χ0n) is 11.8. The van der Waals surface area contributed by atoms with E-state index in [-0.39, 0.29) is 5.82 Å². The number of nitrogens with zero attached hydrogens (tertiary/aromatic N) is 2. The Morgan fingerprint density at radius 3 is 2.90 bits per heavy atom. The molecule has 0 aliphatic rings. The van der Waals surface area contributed by atoms with Crippen LogP contribution < -0.4 is 15.4 Å². The standard InChI is InChI=1S/C14H16BrFN4O/c1-3-6-17-14-18-8-10(16)13(20-14)19-11-7-9(15)4-5-12(11)21-2/h4-5,7-8H,3,6H2,1-2H3,(H2,17,18,19,20). The molecule has 0 unspecified atom stereocenters. The molecule has 2 N–H and O–H groups in total. The maximum Gasteiger partial charge on any atom is 0.224 e. The van der Waals surface area contributed by atoms with Crippen LogP contribution in [0.2, 0.25) is 0 Å². The van der Waals surface area contributed by atoms with Crippen molar-refractivity contribution in [1.82, 2.24) is 9.97 Å². The number of halogens is 2. The lowest BCUT2D eigenvalue weighted by molar-refractivity contribution is 0.416. The normalized spacial score (nSPS) is 10.3. The Bertz CT molecular complexity index is 624. The molecule has 1 aromatic carbocycles. The average molecular weight is 355 g/mol. The van der Waals surface area contributed by atoms with Gasteiger partial charge in [-0.05, 0) is 24.6 Å². The number of hydrogen-bond acceptors (Lipinski definition) is 5. The molecule has 5 nitrogen and oxygen atoms in total. The summed E-state index contributed by atoms with van der Waals surface area (Å²) in [5, 5.41) is 5.95. The second kappa shape index (κ2) is 7.21. The van der Waals surface area contributed by atoms with Crippen molar-refractivity contribution in [3.8, 4) is 5.75 Å². The highest BCUT2D eigenvalue weighted by molar-refractivity contribution is 9.10. The highest BCUT2D eigenvalue weighted by Crippen LogP contribution is 2.30. The van der Waals surface area contributed by atoms with Gasteiger partial charge in [-0.25, -0.2) is 9.37 Å². The van der Waals surface area contributed by atoms with Gasteiger partial charge in [0.05, 0.1) is 19.0 Å². The number of methoxy groups -OCH3 is 1. The van der Waals surface area contributed by atoms with Crippen molar-refractivity contribution in [2.75, 3.05) is 24.3 Å². The summed E-state index contributed by atoms with van der Waals surface area (Å²) in [5.74, 6) is 0.549. The quantitative estimate of drug-likeness (QED) is 0.822. The van der Waals surface area contributed by atoms with Crippen molar-refractivity contribution in [2.24, 2.45) is 0 Å². The van der Waals surface area contributed by atoms with E-state index >= 15 is 0 Å². The molecule has 7 heteroatoms. The molecule has 1 heterocycles. The topological polar surface area (TPSA) is 59.1 Å². The first-order valence-electron chi connectivity index (χ1n) is 6.51. The summed E-state index contributed by atoms with van der Waals surface area (Å²) in [7, 11) is 1.55. The van der Waals surface area contributed by atoms with Gasteiger partial charge in [-0.1, -0.05) is 22.9 Å². The lowest BCUT2D eigenvalue weighted by Gasteiger charge is -2.12. The van der Waals surface area contributed by atoms with E-state index in [1.165, 1.54) is 0 Å². The van der Waals surface area contributed by atoms with E-state index in [0.717, 1.165) is 23.6 Å². The Kier molecular flexibility index (Phi) is 5.32. The summed E-state index contributed by atoms with van der Waals surface area (Å²) in [6, 6.07) is 5.41. The minimum Gasteiger partial charge on any atom is -0.495 e. The highest BCUT2D eigenvalue weighted by atomic mass is 79.9. The molecule has 2 aromatic rings. The van der Waals surface area contributed by atoms with Crippen LogP contribution in [0.4, 0.5) is 21.8 Å². The van der Waals surface area contributed by atoms with E-state index in [4.69, 9.17) is 4.74 Å². The number of hydrogen-bond donors (Lipinski definition) is 2. The predicted molar refractivity (Wildman–Crippen MR) is 84.7 cm³/mol. The molecule has 0 bridgehead atoms. The van der Waals surface area contributed by atoms with Crippen LogP contribution in [0.5, 0.6) is 5.75 Å². The van der Waals surface area contributed by atoms with Crippen LogP contribution in [-0.4, -0.2) is 23.6 Å². The number of rotatable bonds is 6. The molecule has 2 rings (SSSR count). The number of ether oxygens (including phenoxy) is 1. The maximum atomic E-state index is 13.8.